The summed E-state index contributed by atoms with van der Waals surface area (Å²) in [6.45, 7) is 22.6. The van der Waals surface area contributed by atoms with Gasteiger partial charge in [-0.25, -0.2) is 0 Å². The molecule has 0 rings (SSSR count). The van der Waals surface area contributed by atoms with E-state index in [9.17, 15) is 0 Å². The fraction of sp³-hybridized carbons (Fsp3) is 0.625. The van der Waals surface area contributed by atoms with Crippen molar-refractivity contribution < 1.29 is 0 Å². The standard InChI is InChI=1S/C11H19N.C3H8.C2H6/c1-6-10(7-9(2)3)11(4,5)8-12;1-3-2;1-2/h6-7H,1-2,8,12H2,3-5H3;3H2,1-2H3;1-2H3/b10-7+;;. The lowest BCUT2D eigenvalue weighted by molar-refractivity contribution is 0.471. The molecule has 0 unspecified atom stereocenters. The Labute approximate surface area is 109 Å². The quantitative estimate of drug-likeness (QED) is 0.678. The van der Waals surface area contributed by atoms with Crippen LogP contribution in [0, 0.1) is 5.41 Å². The van der Waals surface area contributed by atoms with Gasteiger partial charge in [-0.3, -0.25) is 0 Å². The largest absolute Gasteiger partial charge is 0.330 e. The fourth-order valence-electron chi connectivity index (χ4n) is 0.914. The molecule has 0 aliphatic carbocycles. The van der Waals surface area contributed by atoms with Gasteiger partial charge >= 0.3 is 0 Å². The van der Waals surface area contributed by atoms with Gasteiger partial charge in [0.15, 0.2) is 0 Å². The van der Waals surface area contributed by atoms with E-state index in [0.717, 1.165) is 11.1 Å². The summed E-state index contributed by atoms with van der Waals surface area (Å²) < 4.78 is 0. The zero-order valence-electron chi connectivity index (χ0n) is 13.1. The molecule has 0 aliphatic heterocycles. The molecule has 0 bridgehead atoms. The molecule has 1 heteroatoms. The van der Waals surface area contributed by atoms with Gasteiger partial charge < -0.3 is 5.73 Å². The summed E-state index contributed by atoms with van der Waals surface area (Å²) in [5.41, 5.74) is 7.83. The molecule has 0 aromatic carbocycles. The maximum absolute atomic E-state index is 5.64. The van der Waals surface area contributed by atoms with E-state index >= 15 is 0 Å². The normalized spacial score (nSPS) is 10.5. The SMILES string of the molecule is C=C/C(=C\C(=C)C)C(C)(C)CN.CC.CCC. The fourth-order valence-corrected chi connectivity index (χ4v) is 0.914. The van der Waals surface area contributed by atoms with Gasteiger partial charge in [-0.2, -0.15) is 0 Å². The predicted molar refractivity (Wildman–Crippen MR) is 83.2 cm³/mol. The molecule has 0 saturated carbocycles. The molecule has 0 heterocycles. The van der Waals surface area contributed by atoms with Gasteiger partial charge in [0.2, 0.25) is 0 Å². The summed E-state index contributed by atoms with van der Waals surface area (Å²) >= 11 is 0. The smallest absolute Gasteiger partial charge is 0.00189 e. The summed E-state index contributed by atoms with van der Waals surface area (Å²) in [7, 11) is 0. The Morgan fingerprint density at radius 1 is 1.24 bits per heavy atom. The minimum atomic E-state index is 0.000694. The molecule has 1 nitrogen and oxygen atoms in total. The highest BCUT2D eigenvalue weighted by molar-refractivity contribution is 5.31. The Morgan fingerprint density at radius 2 is 1.59 bits per heavy atom. The van der Waals surface area contributed by atoms with Crippen LogP contribution in [0.4, 0.5) is 0 Å². The van der Waals surface area contributed by atoms with Gasteiger partial charge in [-0.05, 0) is 12.5 Å². The van der Waals surface area contributed by atoms with E-state index in [0.29, 0.717) is 6.54 Å². The van der Waals surface area contributed by atoms with Crippen molar-refractivity contribution in [2.75, 3.05) is 6.54 Å². The molecule has 0 aliphatic rings. The Morgan fingerprint density at radius 3 is 1.76 bits per heavy atom. The molecule has 102 valence electrons. The molecule has 0 atom stereocenters. The first-order valence-corrected chi connectivity index (χ1v) is 6.55. The molecule has 0 fully saturated rings. The van der Waals surface area contributed by atoms with E-state index in [-0.39, 0.29) is 5.41 Å². The maximum Gasteiger partial charge on any atom is 0.00189 e. The van der Waals surface area contributed by atoms with Crippen LogP contribution in [0.5, 0.6) is 0 Å². The third-order valence-electron chi connectivity index (χ3n) is 1.91. The van der Waals surface area contributed by atoms with Crippen LogP contribution in [-0.4, -0.2) is 6.54 Å². The summed E-state index contributed by atoms with van der Waals surface area (Å²) in [4.78, 5) is 0. The molecule has 0 amide bonds. The van der Waals surface area contributed by atoms with E-state index in [4.69, 9.17) is 5.73 Å². The van der Waals surface area contributed by atoms with Crippen LogP contribution in [-0.2, 0) is 0 Å². The van der Waals surface area contributed by atoms with Crippen molar-refractivity contribution in [3.63, 3.8) is 0 Å². The second-order valence-corrected chi connectivity index (χ2v) is 4.45. The molecule has 0 aromatic heterocycles. The van der Waals surface area contributed by atoms with E-state index in [2.05, 4.69) is 40.9 Å². The average Bonchev–Trinajstić information content (AvgIpc) is 2.29. The second kappa shape index (κ2) is 13.2. The summed E-state index contributed by atoms with van der Waals surface area (Å²) in [6.07, 6.45) is 5.13. The summed E-state index contributed by atoms with van der Waals surface area (Å²) in [5, 5.41) is 0. The van der Waals surface area contributed by atoms with E-state index in [1.807, 2.05) is 32.9 Å². The lowest BCUT2D eigenvalue weighted by Crippen LogP contribution is -2.25. The molecule has 17 heavy (non-hydrogen) atoms. The summed E-state index contributed by atoms with van der Waals surface area (Å²) in [6, 6.07) is 0. The monoisotopic (exact) mass is 239 g/mol. The van der Waals surface area contributed by atoms with E-state index in [1.165, 1.54) is 6.42 Å². The van der Waals surface area contributed by atoms with E-state index in [1.54, 1.807) is 0 Å². The van der Waals surface area contributed by atoms with Crippen LogP contribution in [0.25, 0.3) is 0 Å². The highest BCUT2D eigenvalue weighted by Gasteiger charge is 2.18. The zero-order chi connectivity index (χ0) is 14.5. The highest BCUT2D eigenvalue weighted by Crippen LogP contribution is 2.26. The molecule has 0 spiro atoms. The van der Waals surface area contributed by atoms with Gasteiger partial charge in [0.05, 0.1) is 0 Å². The van der Waals surface area contributed by atoms with Crippen molar-refractivity contribution in [1.29, 1.82) is 0 Å². The third kappa shape index (κ3) is 13.1. The first kappa shape index (κ1) is 21.5. The summed E-state index contributed by atoms with van der Waals surface area (Å²) in [5.74, 6) is 0. The Kier molecular flexibility index (Phi) is 16.7. The third-order valence-corrected chi connectivity index (χ3v) is 1.91. The van der Waals surface area contributed by atoms with Gasteiger partial charge in [-0.1, -0.05) is 78.8 Å². The van der Waals surface area contributed by atoms with Gasteiger partial charge in [0, 0.05) is 12.0 Å². The minimum absolute atomic E-state index is 0.000694. The maximum atomic E-state index is 5.64. The van der Waals surface area contributed by atoms with Crippen molar-refractivity contribution in [1.82, 2.24) is 0 Å². The average molecular weight is 239 g/mol. The lowest BCUT2D eigenvalue weighted by atomic mass is 9.83. The first-order chi connectivity index (χ1) is 7.85. The number of hydrogen-bond donors (Lipinski definition) is 1. The van der Waals surface area contributed by atoms with Crippen LogP contribution in [0.15, 0.2) is 36.5 Å². The molecule has 0 aromatic rings. The number of rotatable bonds is 4. The number of allylic oxidation sites excluding steroid dienone is 3. The van der Waals surface area contributed by atoms with Gasteiger partial charge in [0.1, 0.15) is 0 Å². The van der Waals surface area contributed by atoms with Crippen molar-refractivity contribution >= 4 is 0 Å². The van der Waals surface area contributed by atoms with Gasteiger partial charge in [0.25, 0.3) is 0 Å². The molecule has 0 radical (unpaired) electrons. The Balaban J connectivity index is -0.000000337. The second-order valence-electron chi connectivity index (χ2n) is 4.45. The number of hydrogen-bond acceptors (Lipinski definition) is 1. The highest BCUT2D eigenvalue weighted by atomic mass is 14.6. The molecular formula is C16H33N. The van der Waals surface area contributed by atoms with Crippen LogP contribution < -0.4 is 5.73 Å². The Hall–Kier alpha value is -0.820. The van der Waals surface area contributed by atoms with Crippen LogP contribution in [0.1, 0.15) is 54.9 Å². The van der Waals surface area contributed by atoms with Crippen LogP contribution in [0.2, 0.25) is 0 Å². The Bertz CT molecular complexity index is 222. The predicted octanol–water partition coefficient (Wildman–Crippen LogP) is 5.10. The zero-order valence-corrected chi connectivity index (χ0v) is 13.1. The molecule has 0 saturated heterocycles. The van der Waals surface area contributed by atoms with Gasteiger partial charge in [-0.15, -0.1) is 0 Å². The topological polar surface area (TPSA) is 26.0 Å². The van der Waals surface area contributed by atoms with Crippen molar-refractivity contribution in [3.8, 4) is 0 Å². The number of nitrogens with two attached hydrogens (primary N) is 1. The molecular weight excluding hydrogens is 206 g/mol. The van der Waals surface area contributed by atoms with Crippen molar-refractivity contribution in [2.24, 2.45) is 11.1 Å². The molecule has 2 N–H and O–H groups in total. The first-order valence-electron chi connectivity index (χ1n) is 6.55. The van der Waals surface area contributed by atoms with Crippen LogP contribution in [0.3, 0.4) is 0 Å². The van der Waals surface area contributed by atoms with Crippen molar-refractivity contribution in [2.45, 2.75) is 54.9 Å². The lowest BCUT2D eigenvalue weighted by Gasteiger charge is -2.24. The minimum Gasteiger partial charge on any atom is -0.330 e. The van der Waals surface area contributed by atoms with Crippen molar-refractivity contribution in [3.05, 3.63) is 36.5 Å². The van der Waals surface area contributed by atoms with E-state index < -0.39 is 0 Å². The van der Waals surface area contributed by atoms with Crippen LogP contribution >= 0.6 is 0 Å².